The van der Waals surface area contributed by atoms with Crippen LogP contribution in [0.25, 0.3) is 11.1 Å². The van der Waals surface area contributed by atoms with Gasteiger partial charge in [-0.25, -0.2) is 0 Å². The van der Waals surface area contributed by atoms with E-state index in [9.17, 15) is 0 Å². The van der Waals surface area contributed by atoms with E-state index >= 15 is 0 Å². The predicted molar refractivity (Wildman–Crippen MR) is 72.4 cm³/mol. The number of nitrogen functional groups attached to an aromatic ring is 1. The van der Waals surface area contributed by atoms with Crippen molar-refractivity contribution in [2.24, 2.45) is 0 Å². The fourth-order valence-corrected chi connectivity index (χ4v) is 1.79. The predicted octanol–water partition coefficient (Wildman–Crippen LogP) is 2.99. The first-order chi connectivity index (χ1) is 8.24. The SMILES string of the molecule is CNc1ccc(N)cc1-c1ccc(OC)cc1. The van der Waals surface area contributed by atoms with Gasteiger partial charge in [-0.3, -0.25) is 0 Å². The van der Waals surface area contributed by atoms with Gasteiger partial charge in [0.25, 0.3) is 0 Å². The second-order valence-electron chi connectivity index (χ2n) is 3.78. The molecule has 0 saturated carbocycles. The normalized spacial score (nSPS) is 10.0. The van der Waals surface area contributed by atoms with Crippen LogP contribution in [-0.2, 0) is 0 Å². The quantitative estimate of drug-likeness (QED) is 0.794. The number of methoxy groups -OCH3 is 1. The van der Waals surface area contributed by atoms with Gasteiger partial charge in [0.05, 0.1) is 7.11 Å². The van der Waals surface area contributed by atoms with Gasteiger partial charge in [0.15, 0.2) is 0 Å². The Labute approximate surface area is 101 Å². The minimum Gasteiger partial charge on any atom is -0.497 e. The lowest BCUT2D eigenvalue weighted by Gasteiger charge is -2.10. The average molecular weight is 228 g/mol. The van der Waals surface area contributed by atoms with Crippen molar-refractivity contribution in [1.29, 1.82) is 0 Å². The third-order valence-corrected chi connectivity index (χ3v) is 2.71. The van der Waals surface area contributed by atoms with Gasteiger partial charge < -0.3 is 15.8 Å². The first-order valence-corrected chi connectivity index (χ1v) is 5.46. The van der Waals surface area contributed by atoms with E-state index in [1.165, 1.54) is 0 Å². The fourth-order valence-electron chi connectivity index (χ4n) is 1.79. The summed E-state index contributed by atoms with van der Waals surface area (Å²) in [5.41, 5.74) is 9.85. The van der Waals surface area contributed by atoms with Gasteiger partial charge in [0.2, 0.25) is 0 Å². The molecule has 0 heterocycles. The molecule has 0 aliphatic rings. The first kappa shape index (κ1) is 11.3. The van der Waals surface area contributed by atoms with Gasteiger partial charge >= 0.3 is 0 Å². The molecule has 0 spiro atoms. The molecular weight excluding hydrogens is 212 g/mol. The van der Waals surface area contributed by atoms with Crippen LogP contribution < -0.4 is 15.8 Å². The molecule has 0 radical (unpaired) electrons. The highest BCUT2D eigenvalue weighted by Crippen LogP contribution is 2.30. The Morgan fingerprint density at radius 1 is 1.06 bits per heavy atom. The summed E-state index contributed by atoms with van der Waals surface area (Å²) in [6, 6.07) is 13.8. The van der Waals surface area contributed by atoms with Crippen LogP contribution in [0.15, 0.2) is 42.5 Å². The highest BCUT2D eigenvalue weighted by Gasteiger charge is 2.04. The highest BCUT2D eigenvalue weighted by molar-refractivity contribution is 5.80. The standard InChI is InChI=1S/C14H16N2O/c1-16-14-8-5-11(15)9-13(14)10-3-6-12(17-2)7-4-10/h3-9,16H,15H2,1-2H3. The van der Waals surface area contributed by atoms with E-state index in [1.54, 1.807) is 7.11 Å². The van der Waals surface area contributed by atoms with Gasteiger partial charge in [-0.05, 0) is 35.9 Å². The lowest BCUT2D eigenvalue weighted by atomic mass is 10.0. The van der Waals surface area contributed by atoms with E-state index in [1.807, 2.05) is 49.5 Å². The van der Waals surface area contributed by atoms with Crippen molar-refractivity contribution >= 4 is 11.4 Å². The van der Waals surface area contributed by atoms with E-state index in [0.29, 0.717) is 0 Å². The van der Waals surface area contributed by atoms with Crippen LogP contribution in [0.1, 0.15) is 0 Å². The third-order valence-electron chi connectivity index (χ3n) is 2.71. The molecule has 0 aromatic heterocycles. The summed E-state index contributed by atoms with van der Waals surface area (Å²) in [6.07, 6.45) is 0. The number of benzene rings is 2. The van der Waals surface area contributed by atoms with E-state index in [0.717, 1.165) is 28.3 Å². The number of rotatable bonds is 3. The van der Waals surface area contributed by atoms with Crippen molar-refractivity contribution in [2.45, 2.75) is 0 Å². The Morgan fingerprint density at radius 3 is 2.35 bits per heavy atom. The van der Waals surface area contributed by atoms with Crippen LogP contribution in [0.5, 0.6) is 5.75 Å². The summed E-state index contributed by atoms with van der Waals surface area (Å²) in [4.78, 5) is 0. The zero-order valence-corrected chi connectivity index (χ0v) is 10.0. The molecule has 0 bridgehead atoms. The van der Waals surface area contributed by atoms with Gasteiger partial charge in [0, 0.05) is 24.0 Å². The number of nitrogens with one attached hydrogen (secondary N) is 1. The van der Waals surface area contributed by atoms with Crippen LogP contribution in [0, 0.1) is 0 Å². The topological polar surface area (TPSA) is 47.3 Å². The fraction of sp³-hybridized carbons (Fsp3) is 0.143. The maximum absolute atomic E-state index is 5.82. The van der Waals surface area contributed by atoms with Crippen LogP contribution in [0.2, 0.25) is 0 Å². The monoisotopic (exact) mass is 228 g/mol. The summed E-state index contributed by atoms with van der Waals surface area (Å²) in [5, 5.41) is 3.16. The van der Waals surface area contributed by atoms with E-state index in [-0.39, 0.29) is 0 Å². The molecule has 0 atom stereocenters. The molecule has 0 saturated heterocycles. The van der Waals surface area contributed by atoms with Crippen molar-refractivity contribution in [3.05, 3.63) is 42.5 Å². The molecule has 2 aromatic carbocycles. The van der Waals surface area contributed by atoms with Crippen molar-refractivity contribution in [3.8, 4) is 16.9 Å². The summed E-state index contributed by atoms with van der Waals surface area (Å²) in [6.45, 7) is 0. The Morgan fingerprint density at radius 2 is 1.76 bits per heavy atom. The molecule has 17 heavy (non-hydrogen) atoms. The van der Waals surface area contributed by atoms with Crippen LogP contribution in [0.4, 0.5) is 11.4 Å². The summed E-state index contributed by atoms with van der Waals surface area (Å²) < 4.78 is 5.15. The highest BCUT2D eigenvalue weighted by atomic mass is 16.5. The molecule has 0 amide bonds. The van der Waals surface area contributed by atoms with E-state index < -0.39 is 0 Å². The molecule has 2 aromatic rings. The largest absolute Gasteiger partial charge is 0.497 e. The van der Waals surface area contributed by atoms with Crippen LogP contribution in [0.3, 0.4) is 0 Å². The second-order valence-corrected chi connectivity index (χ2v) is 3.78. The van der Waals surface area contributed by atoms with Gasteiger partial charge in [-0.1, -0.05) is 12.1 Å². The number of hydrogen-bond donors (Lipinski definition) is 2. The van der Waals surface area contributed by atoms with Crippen LogP contribution in [-0.4, -0.2) is 14.2 Å². The molecule has 3 N–H and O–H groups in total. The molecule has 0 aliphatic carbocycles. The lowest BCUT2D eigenvalue weighted by molar-refractivity contribution is 0.415. The number of ether oxygens (including phenoxy) is 1. The minimum absolute atomic E-state index is 0.759. The summed E-state index contributed by atoms with van der Waals surface area (Å²) in [5.74, 6) is 0.851. The average Bonchev–Trinajstić information content (AvgIpc) is 2.39. The molecule has 2 rings (SSSR count). The molecule has 0 fully saturated rings. The van der Waals surface area contributed by atoms with E-state index in [2.05, 4.69) is 5.32 Å². The molecule has 0 unspecified atom stereocenters. The van der Waals surface area contributed by atoms with Crippen LogP contribution >= 0.6 is 0 Å². The molecule has 3 heteroatoms. The van der Waals surface area contributed by atoms with Crippen molar-refractivity contribution in [1.82, 2.24) is 0 Å². The zero-order chi connectivity index (χ0) is 12.3. The lowest BCUT2D eigenvalue weighted by Crippen LogP contribution is -1.94. The maximum Gasteiger partial charge on any atom is 0.118 e. The smallest absolute Gasteiger partial charge is 0.118 e. The zero-order valence-electron chi connectivity index (χ0n) is 10.0. The molecule has 88 valence electrons. The first-order valence-electron chi connectivity index (χ1n) is 5.46. The second kappa shape index (κ2) is 4.78. The number of hydrogen-bond acceptors (Lipinski definition) is 3. The molecular formula is C14H16N2O. The summed E-state index contributed by atoms with van der Waals surface area (Å²) in [7, 11) is 3.56. The molecule has 3 nitrogen and oxygen atoms in total. The van der Waals surface area contributed by atoms with Crippen molar-refractivity contribution in [3.63, 3.8) is 0 Å². The van der Waals surface area contributed by atoms with Gasteiger partial charge in [-0.2, -0.15) is 0 Å². The summed E-state index contributed by atoms with van der Waals surface area (Å²) >= 11 is 0. The van der Waals surface area contributed by atoms with Gasteiger partial charge in [-0.15, -0.1) is 0 Å². The van der Waals surface area contributed by atoms with Gasteiger partial charge in [0.1, 0.15) is 5.75 Å². The Bertz CT molecular complexity index is 506. The molecule has 0 aliphatic heterocycles. The number of nitrogens with two attached hydrogens (primary N) is 1. The number of anilines is 2. The Hall–Kier alpha value is -2.16. The van der Waals surface area contributed by atoms with Crippen molar-refractivity contribution < 1.29 is 4.74 Å². The third kappa shape index (κ3) is 2.33. The minimum atomic E-state index is 0.759. The van der Waals surface area contributed by atoms with E-state index in [4.69, 9.17) is 10.5 Å². The Kier molecular flexibility index (Phi) is 3.19. The maximum atomic E-state index is 5.82. The Balaban J connectivity index is 2.47. The van der Waals surface area contributed by atoms with Crippen molar-refractivity contribution in [2.75, 3.05) is 25.2 Å².